The fourth-order valence-corrected chi connectivity index (χ4v) is 2.83. The van der Waals surface area contributed by atoms with E-state index in [1.165, 1.54) is 35.0 Å². The van der Waals surface area contributed by atoms with Gasteiger partial charge in [-0.05, 0) is 36.6 Å². The Morgan fingerprint density at radius 3 is 2.78 bits per heavy atom. The Morgan fingerprint density at radius 2 is 2.22 bits per heavy atom. The minimum Gasteiger partial charge on any atom is -0.674 e. The molecule has 3 rings (SSSR count). The van der Waals surface area contributed by atoms with Crippen molar-refractivity contribution in [2.24, 2.45) is 0 Å². The van der Waals surface area contributed by atoms with Crippen LogP contribution in [0.4, 0.5) is 20.6 Å². The molecule has 139 valence electrons. The number of halogens is 1. The van der Waals surface area contributed by atoms with E-state index in [-0.39, 0.29) is 68.4 Å². The van der Waals surface area contributed by atoms with Crippen molar-refractivity contribution in [1.82, 2.24) is 4.98 Å². The Kier molecular flexibility index (Phi) is 8.04. The average molecular weight is 602 g/mol. The van der Waals surface area contributed by atoms with Crippen LogP contribution in [0, 0.1) is 49.9 Å². The number of thioether (sulfide) groups is 1. The van der Waals surface area contributed by atoms with Crippen molar-refractivity contribution < 1.29 is 62.8 Å². The summed E-state index contributed by atoms with van der Waals surface area (Å²) in [6.45, 7) is 0.120. The predicted octanol–water partition coefficient (Wildman–Crippen LogP) is 3.57. The molecule has 1 aliphatic rings. The molecule has 1 saturated heterocycles. The van der Waals surface area contributed by atoms with Gasteiger partial charge in [0.1, 0.15) is 11.9 Å². The molecular weight excluding hydrogens is 586 g/mol. The standard InChI is InChI=1S/C17H16FN4O3S.Ac/c1-26-15-5-2-10(8-20-15)21-16(23)13-4-3-11(6-14(13)18)22-9-12(7-19)25-17(22)24;/h2-6,8,12,19H,7,9H2,1H3,(H,21,23);/q-1;/t12-;/m0./s1. The van der Waals surface area contributed by atoms with Gasteiger partial charge in [0, 0.05) is 44.1 Å². The molecule has 0 saturated carbocycles. The van der Waals surface area contributed by atoms with Gasteiger partial charge in [0.25, 0.3) is 5.91 Å². The number of cyclic esters (lactones) is 1. The number of aromatic nitrogens is 1. The second-order valence-electron chi connectivity index (χ2n) is 5.53. The smallest absolute Gasteiger partial charge is 0.414 e. The molecule has 27 heavy (non-hydrogen) atoms. The summed E-state index contributed by atoms with van der Waals surface area (Å²) < 4.78 is 19.4. The summed E-state index contributed by atoms with van der Waals surface area (Å²) in [5.41, 5.74) is 7.86. The van der Waals surface area contributed by atoms with Crippen LogP contribution in [0.15, 0.2) is 41.6 Å². The monoisotopic (exact) mass is 602 g/mol. The number of carbonyl (C=O) groups excluding carboxylic acids is 2. The first-order valence-electron chi connectivity index (χ1n) is 7.75. The molecule has 0 spiro atoms. The van der Waals surface area contributed by atoms with Crippen LogP contribution in [0.25, 0.3) is 5.73 Å². The summed E-state index contributed by atoms with van der Waals surface area (Å²) in [5.74, 6) is -1.36. The van der Waals surface area contributed by atoms with E-state index >= 15 is 0 Å². The van der Waals surface area contributed by atoms with Gasteiger partial charge in [-0.3, -0.25) is 9.69 Å². The van der Waals surface area contributed by atoms with Gasteiger partial charge in [-0.25, -0.2) is 14.2 Å². The van der Waals surface area contributed by atoms with Gasteiger partial charge >= 0.3 is 6.09 Å². The third kappa shape index (κ3) is 5.19. The molecule has 2 N–H and O–H groups in total. The van der Waals surface area contributed by atoms with E-state index in [0.717, 1.165) is 11.1 Å². The number of rotatable bonds is 5. The zero-order chi connectivity index (χ0) is 18.7. The van der Waals surface area contributed by atoms with Gasteiger partial charge in [0.2, 0.25) is 0 Å². The van der Waals surface area contributed by atoms with Crippen molar-refractivity contribution in [3.8, 4) is 0 Å². The average Bonchev–Trinajstić information content (AvgIpc) is 3.03. The number of benzene rings is 1. The number of ether oxygens (including phenoxy) is 1. The van der Waals surface area contributed by atoms with E-state index in [2.05, 4.69) is 10.3 Å². The van der Waals surface area contributed by atoms with Gasteiger partial charge < -0.3 is 15.8 Å². The quantitative estimate of drug-likeness (QED) is 0.529. The Morgan fingerprint density at radius 1 is 1.44 bits per heavy atom. The summed E-state index contributed by atoms with van der Waals surface area (Å²) in [4.78, 5) is 29.4. The summed E-state index contributed by atoms with van der Waals surface area (Å²) in [7, 11) is 0. The van der Waals surface area contributed by atoms with Crippen molar-refractivity contribution in [3.05, 3.63) is 53.6 Å². The van der Waals surface area contributed by atoms with Crippen molar-refractivity contribution in [1.29, 1.82) is 0 Å². The number of pyridine rings is 1. The second kappa shape index (κ2) is 9.83. The topological polar surface area (TPSA) is 95.3 Å². The van der Waals surface area contributed by atoms with E-state index in [1.807, 2.05) is 6.26 Å². The number of nitrogens with zero attached hydrogens (tertiary/aromatic N) is 2. The summed E-state index contributed by atoms with van der Waals surface area (Å²) in [5, 5.41) is 3.39. The molecule has 1 aromatic carbocycles. The number of carbonyl (C=O) groups is 2. The Labute approximate surface area is 195 Å². The van der Waals surface area contributed by atoms with Gasteiger partial charge in [0.15, 0.2) is 0 Å². The zero-order valence-electron chi connectivity index (χ0n) is 14.4. The number of hydrogen-bond donors (Lipinski definition) is 1. The maximum atomic E-state index is 14.4. The molecule has 1 atom stereocenters. The largest absolute Gasteiger partial charge is 0.674 e. The first kappa shape index (κ1) is 22.1. The van der Waals surface area contributed by atoms with Crippen molar-refractivity contribution in [2.45, 2.75) is 11.1 Å². The molecule has 1 aliphatic heterocycles. The summed E-state index contributed by atoms with van der Waals surface area (Å²) >= 11 is 1.47. The van der Waals surface area contributed by atoms with Crippen LogP contribution in [0.2, 0.25) is 0 Å². The minimum absolute atomic E-state index is 0. The van der Waals surface area contributed by atoms with E-state index < -0.39 is 23.9 Å². The third-order valence-electron chi connectivity index (χ3n) is 3.81. The van der Waals surface area contributed by atoms with Crippen LogP contribution in [-0.2, 0) is 4.74 Å². The van der Waals surface area contributed by atoms with Crippen LogP contribution < -0.4 is 10.2 Å². The van der Waals surface area contributed by atoms with Gasteiger partial charge in [0.05, 0.1) is 34.7 Å². The predicted molar refractivity (Wildman–Crippen MR) is 97.2 cm³/mol. The zero-order valence-corrected chi connectivity index (χ0v) is 20.0. The summed E-state index contributed by atoms with van der Waals surface area (Å²) in [6.07, 6.45) is 2.22. The number of nitrogens with one attached hydrogen (secondary N) is 2. The van der Waals surface area contributed by atoms with E-state index in [0.29, 0.717) is 5.69 Å². The van der Waals surface area contributed by atoms with Gasteiger partial charge in [-0.1, -0.05) is 0 Å². The summed E-state index contributed by atoms with van der Waals surface area (Å²) in [6, 6.07) is 7.33. The number of anilines is 2. The first-order chi connectivity index (χ1) is 12.5. The fourth-order valence-electron chi connectivity index (χ4n) is 2.47. The Hall–Kier alpha value is -1.21. The van der Waals surface area contributed by atoms with Gasteiger partial charge in [-0.2, -0.15) is 0 Å². The minimum atomic E-state index is -0.754. The molecule has 2 amide bonds. The molecule has 2 heterocycles. The number of amides is 2. The molecule has 2 aromatic rings. The van der Waals surface area contributed by atoms with Crippen molar-refractivity contribution >= 4 is 35.1 Å². The number of hydrogen-bond acceptors (Lipinski definition) is 5. The molecule has 1 aromatic heterocycles. The molecule has 0 aliphatic carbocycles. The van der Waals surface area contributed by atoms with E-state index in [1.54, 1.807) is 12.1 Å². The normalized spacial score (nSPS) is 15.9. The van der Waals surface area contributed by atoms with E-state index in [9.17, 15) is 14.0 Å². The van der Waals surface area contributed by atoms with Crippen LogP contribution >= 0.6 is 11.8 Å². The van der Waals surface area contributed by atoms with Crippen molar-refractivity contribution in [2.75, 3.05) is 29.6 Å². The van der Waals surface area contributed by atoms with Crippen LogP contribution in [0.3, 0.4) is 0 Å². The molecule has 10 heteroatoms. The first-order valence-corrected chi connectivity index (χ1v) is 8.98. The molecule has 1 fully saturated rings. The van der Waals surface area contributed by atoms with Crippen LogP contribution in [-0.4, -0.2) is 42.4 Å². The maximum Gasteiger partial charge on any atom is 0.414 e. The van der Waals surface area contributed by atoms with Gasteiger partial charge in [-0.15, -0.1) is 18.3 Å². The van der Waals surface area contributed by atoms with Crippen molar-refractivity contribution in [3.63, 3.8) is 0 Å². The van der Waals surface area contributed by atoms with Crippen LogP contribution in [0.1, 0.15) is 10.4 Å². The molecule has 7 nitrogen and oxygen atoms in total. The van der Waals surface area contributed by atoms with E-state index in [4.69, 9.17) is 10.5 Å². The molecule has 0 bridgehead atoms. The molecular formula is C17H16AcFN4O3S-. The fraction of sp³-hybridized carbons (Fsp3) is 0.235. The maximum absolute atomic E-state index is 14.4. The second-order valence-corrected chi connectivity index (χ2v) is 6.35. The van der Waals surface area contributed by atoms with Crippen LogP contribution in [0.5, 0.6) is 0 Å². The Bertz CT molecular complexity index is 837. The Balaban J connectivity index is 0.00000261. The third-order valence-corrected chi connectivity index (χ3v) is 4.47. The molecule has 1 radical (unpaired) electrons. The molecule has 0 unspecified atom stereocenters. The SMILES string of the molecule is CSc1ccc(NC(=O)c2ccc(N3C[C@H](C[NH-])OC3=O)cc2F)cn1.[Ac].